The second-order valence-electron chi connectivity index (χ2n) is 2.64. The molecule has 0 fully saturated rings. The molecule has 0 atom stereocenters. The van der Waals surface area contributed by atoms with Crippen LogP contribution in [0.3, 0.4) is 0 Å². The molecule has 1 rings (SSSR count). The molecule has 3 N–H and O–H groups in total. The SMILES string of the molecule is COc1cc(N)cnc1N(C)C(=O)O. The monoisotopic (exact) mass is 197 g/mol. The van der Waals surface area contributed by atoms with Crippen molar-refractivity contribution in [2.24, 2.45) is 0 Å². The van der Waals surface area contributed by atoms with Crippen LogP contribution in [0.2, 0.25) is 0 Å². The lowest BCUT2D eigenvalue weighted by atomic mass is 10.3. The van der Waals surface area contributed by atoms with Gasteiger partial charge in [0.1, 0.15) is 0 Å². The van der Waals surface area contributed by atoms with Crippen molar-refractivity contribution in [3.63, 3.8) is 0 Å². The Morgan fingerprint density at radius 3 is 2.86 bits per heavy atom. The van der Waals surface area contributed by atoms with E-state index >= 15 is 0 Å². The maximum absolute atomic E-state index is 10.7. The second-order valence-corrected chi connectivity index (χ2v) is 2.64. The number of hydrogen-bond acceptors (Lipinski definition) is 4. The first-order chi connectivity index (χ1) is 6.56. The Balaban J connectivity index is 3.13. The lowest BCUT2D eigenvalue weighted by Gasteiger charge is -2.15. The topological polar surface area (TPSA) is 88.7 Å². The number of nitrogen functional groups attached to an aromatic ring is 1. The molecule has 14 heavy (non-hydrogen) atoms. The molecule has 1 heterocycles. The predicted octanol–water partition coefficient (Wildman–Crippen LogP) is 0.787. The molecule has 0 radical (unpaired) electrons. The van der Waals surface area contributed by atoms with Crippen LogP contribution < -0.4 is 15.4 Å². The first-order valence-corrected chi connectivity index (χ1v) is 3.82. The molecule has 76 valence electrons. The van der Waals surface area contributed by atoms with Crippen LogP contribution in [0.4, 0.5) is 16.3 Å². The van der Waals surface area contributed by atoms with Crippen molar-refractivity contribution < 1.29 is 14.6 Å². The summed E-state index contributed by atoms with van der Waals surface area (Å²) < 4.78 is 4.95. The number of hydrogen-bond donors (Lipinski definition) is 2. The van der Waals surface area contributed by atoms with Gasteiger partial charge in [-0.25, -0.2) is 9.78 Å². The Bertz CT molecular complexity index is 354. The van der Waals surface area contributed by atoms with Gasteiger partial charge in [0.25, 0.3) is 0 Å². The van der Waals surface area contributed by atoms with Gasteiger partial charge in [0.15, 0.2) is 11.6 Å². The van der Waals surface area contributed by atoms with Crippen LogP contribution in [0.1, 0.15) is 0 Å². The quantitative estimate of drug-likeness (QED) is 0.731. The molecule has 0 spiro atoms. The number of pyridine rings is 1. The minimum Gasteiger partial charge on any atom is -0.493 e. The molecule has 0 saturated carbocycles. The average Bonchev–Trinajstić information content (AvgIpc) is 2.16. The van der Waals surface area contributed by atoms with Crippen LogP contribution in [0.5, 0.6) is 5.75 Å². The van der Waals surface area contributed by atoms with E-state index in [4.69, 9.17) is 15.6 Å². The van der Waals surface area contributed by atoms with Gasteiger partial charge in [0.05, 0.1) is 19.0 Å². The Hall–Kier alpha value is -1.98. The van der Waals surface area contributed by atoms with Gasteiger partial charge in [-0.3, -0.25) is 4.90 Å². The molecule has 0 aliphatic heterocycles. The summed E-state index contributed by atoms with van der Waals surface area (Å²) in [5, 5.41) is 8.72. The number of aromatic nitrogens is 1. The molecule has 0 aromatic carbocycles. The van der Waals surface area contributed by atoms with E-state index in [-0.39, 0.29) is 5.82 Å². The summed E-state index contributed by atoms with van der Waals surface area (Å²) in [4.78, 5) is 15.5. The molecule has 0 aliphatic carbocycles. The van der Waals surface area contributed by atoms with Crippen molar-refractivity contribution in [3.05, 3.63) is 12.3 Å². The van der Waals surface area contributed by atoms with Crippen molar-refractivity contribution in [3.8, 4) is 5.75 Å². The van der Waals surface area contributed by atoms with Crippen LogP contribution in [-0.2, 0) is 0 Å². The summed E-state index contributed by atoms with van der Waals surface area (Å²) in [6.07, 6.45) is 0.262. The first-order valence-electron chi connectivity index (χ1n) is 3.82. The zero-order valence-corrected chi connectivity index (χ0v) is 7.89. The van der Waals surface area contributed by atoms with Gasteiger partial charge in [-0.15, -0.1) is 0 Å². The summed E-state index contributed by atoms with van der Waals surface area (Å²) >= 11 is 0. The number of methoxy groups -OCH3 is 1. The Kier molecular flexibility index (Phi) is 2.76. The lowest BCUT2D eigenvalue weighted by molar-refractivity contribution is 0.203. The predicted molar refractivity (Wildman–Crippen MR) is 51.6 cm³/mol. The van der Waals surface area contributed by atoms with Crippen LogP contribution in [0.25, 0.3) is 0 Å². The number of carboxylic acid groups (broad SMARTS) is 1. The van der Waals surface area contributed by atoms with E-state index in [9.17, 15) is 4.79 Å². The third-order valence-corrected chi connectivity index (χ3v) is 1.68. The number of amides is 1. The Labute approximate surface area is 80.9 Å². The first kappa shape index (κ1) is 10.1. The lowest BCUT2D eigenvalue weighted by Crippen LogP contribution is -2.25. The fourth-order valence-electron chi connectivity index (χ4n) is 0.945. The molecule has 6 nitrogen and oxygen atoms in total. The highest BCUT2D eigenvalue weighted by molar-refractivity contribution is 5.86. The van der Waals surface area contributed by atoms with Crippen LogP contribution in [0.15, 0.2) is 12.3 Å². The number of anilines is 2. The smallest absolute Gasteiger partial charge is 0.412 e. The van der Waals surface area contributed by atoms with Gasteiger partial charge in [-0.2, -0.15) is 0 Å². The van der Waals surface area contributed by atoms with Gasteiger partial charge in [-0.1, -0.05) is 0 Å². The van der Waals surface area contributed by atoms with Crippen LogP contribution in [-0.4, -0.2) is 30.3 Å². The van der Waals surface area contributed by atoms with Crippen molar-refractivity contribution in [1.82, 2.24) is 4.98 Å². The van der Waals surface area contributed by atoms with E-state index in [2.05, 4.69) is 4.98 Å². The van der Waals surface area contributed by atoms with E-state index in [0.717, 1.165) is 4.90 Å². The van der Waals surface area contributed by atoms with Gasteiger partial charge in [0.2, 0.25) is 0 Å². The highest BCUT2D eigenvalue weighted by atomic mass is 16.5. The zero-order valence-electron chi connectivity index (χ0n) is 7.89. The third kappa shape index (κ3) is 1.85. The second kappa shape index (κ2) is 3.82. The van der Waals surface area contributed by atoms with E-state index in [0.29, 0.717) is 11.4 Å². The standard InChI is InChI=1S/C8H11N3O3/c1-11(8(12)13)7-6(14-2)3-5(9)4-10-7/h3-4H,9H2,1-2H3,(H,12,13). The van der Waals surface area contributed by atoms with Crippen molar-refractivity contribution in [2.75, 3.05) is 24.8 Å². The molecular weight excluding hydrogens is 186 g/mol. The van der Waals surface area contributed by atoms with Crippen molar-refractivity contribution >= 4 is 17.6 Å². The molecule has 0 unspecified atom stereocenters. The number of carbonyl (C=O) groups is 1. The highest BCUT2D eigenvalue weighted by Crippen LogP contribution is 2.26. The van der Waals surface area contributed by atoms with Gasteiger partial charge < -0.3 is 15.6 Å². The minimum absolute atomic E-state index is 0.217. The number of rotatable bonds is 2. The minimum atomic E-state index is -1.11. The third-order valence-electron chi connectivity index (χ3n) is 1.68. The molecule has 0 aliphatic rings. The fraction of sp³-hybridized carbons (Fsp3) is 0.250. The summed E-state index contributed by atoms with van der Waals surface area (Å²) in [6.45, 7) is 0. The van der Waals surface area contributed by atoms with E-state index in [1.54, 1.807) is 0 Å². The molecule has 1 amide bonds. The number of nitrogens with two attached hydrogens (primary N) is 1. The maximum Gasteiger partial charge on any atom is 0.412 e. The zero-order chi connectivity index (χ0) is 10.7. The van der Waals surface area contributed by atoms with Crippen molar-refractivity contribution in [1.29, 1.82) is 0 Å². The van der Waals surface area contributed by atoms with E-state index < -0.39 is 6.09 Å². The normalized spacial score (nSPS) is 9.57. The van der Waals surface area contributed by atoms with E-state index in [1.807, 2.05) is 0 Å². The Morgan fingerprint density at radius 1 is 1.71 bits per heavy atom. The number of ether oxygens (including phenoxy) is 1. The van der Waals surface area contributed by atoms with Gasteiger partial charge in [-0.05, 0) is 0 Å². The average molecular weight is 197 g/mol. The molecule has 1 aromatic rings. The Morgan fingerprint density at radius 2 is 2.36 bits per heavy atom. The largest absolute Gasteiger partial charge is 0.493 e. The maximum atomic E-state index is 10.7. The molecule has 0 bridgehead atoms. The van der Waals surface area contributed by atoms with E-state index in [1.165, 1.54) is 26.4 Å². The van der Waals surface area contributed by atoms with Gasteiger partial charge >= 0.3 is 6.09 Å². The highest BCUT2D eigenvalue weighted by Gasteiger charge is 2.15. The number of nitrogens with zero attached hydrogens (tertiary/aromatic N) is 2. The summed E-state index contributed by atoms with van der Waals surface area (Å²) in [6, 6.07) is 1.52. The van der Waals surface area contributed by atoms with Crippen LogP contribution >= 0.6 is 0 Å². The molecule has 6 heteroatoms. The van der Waals surface area contributed by atoms with Crippen molar-refractivity contribution in [2.45, 2.75) is 0 Å². The summed E-state index contributed by atoms with van der Waals surface area (Å²) in [7, 11) is 2.80. The molecule has 0 saturated heterocycles. The molecular formula is C8H11N3O3. The summed E-state index contributed by atoms with van der Waals surface area (Å²) in [5.74, 6) is 0.545. The van der Waals surface area contributed by atoms with Gasteiger partial charge in [0, 0.05) is 13.1 Å². The summed E-state index contributed by atoms with van der Waals surface area (Å²) in [5.41, 5.74) is 5.89. The molecule has 1 aromatic heterocycles. The fourth-order valence-corrected chi connectivity index (χ4v) is 0.945. The van der Waals surface area contributed by atoms with Crippen LogP contribution in [0, 0.1) is 0 Å².